The van der Waals surface area contributed by atoms with Gasteiger partial charge in [-0.2, -0.15) is 5.10 Å². The van der Waals surface area contributed by atoms with Crippen LogP contribution in [-0.4, -0.2) is 32.4 Å². The average molecular weight is 407 g/mol. The number of hydrazone groups is 1. The number of amides is 1. The van der Waals surface area contributed by atoms with E-state index in [4.69, 9.17) is 14.2 Å². The Morgan fingerprint density at radius 2 is 1.84 bits per heavy atom. The van der Waals surface area contributed by atoms with Gasteiger partial charge in [-0.1, -0.05) is 12.1 Å². The first kappa shape index (κ1) is 18.8. The molecule has 1 N–H and O–H groups in total. The van der Waals surface area contributed by atoms with E-state index >= 15 is 0 Å². The Morgan fingerprint density at radius 1 is 1.12 bits per heavy atom. The van der Waals surface area contributed by atoms with Gasteiger partial charge in [-0.3, -0.25) is 4.79 Å². The van der Waals surface area contributed by atoms with Crippen LogP contribution in [0, 0.1) is 0 Å². The molecule has 0 saturated carbocycles. The smallest absolute Gasteiger partial charge is 0.280 e. The van der Waals surface area contributed by atoms with E-state index in [1.165, 1.54) is 6.21 Å². The van der Waals surface area contributed by atoms with Crippen molar-refractivity contribution in [2.75, 3.05) is 14.2 Å². The summed E-state index contributed by atoms with van der Waals surface area (Å²) in [4.78, 5) is 12.1. The Hall–Kier alpha value is -2.54. The largest absolute Gasteiger partial charge is 0.493 e. The van der Waals surface area contributed by atoms with Crippen LogP contribution in [0.1, 0.15) is 12.5 Å². The van der Waals surface area contributed by atoms with Crippen molar-refractivity contribution in [1.29, 1.82) is 0 Å². The molecule has 6 nitrogen and oxygen atoms in total. The Kier molecular flexibility index (Phi) is 6.82. The predicted molar refractivity (Wildman–Crippen MR) is 99.5 cm³/mol. The van der Waals surface area contributed by atoms with Crippen LogP contribution in [0.4, 0.5) is 0 Å². The molecule has 0 fully saturated rings. The molecule has 25 heavy (non-hydrogen) atoms. The Balaban J connectivity index is 1.95. The first-order valence-corrected chi connectivity index (χ1v) is 8.30. The van der Waals surface area contributed by atoms with Gasteiger partial charge in [0.15, 0.2) is 17.6 Å². The lowest BCUT2D eigenvalue weighted by molar-refractivity contribution is -0.127. The number of rotatable bonds is 7. The molecule has 0 radical (unpaired) electrons. The van der Waals surface area contributed by atoms with E-state index in [0.29, 0.717) is 17.2 Å². The zero-order chi connectivity index (χ0) is 18.2. The molecule has 2 aromatic rings. The zero-order valence-corrected chi connectivity index (χ0v) is 15.7. The summed E-state index contributed by atoms with van der Waals surface area (Å²) in [5, 5.41) is 3.94. The zero-order valence-electron chi connectivity index (χ0n) is 14.2. The van der Waals surface area contributed by atoms with Gasteiger partial charge in [0, 0.05) is 0 Å². The van der Waals surface area contributed by atoms with Gasteiger partial charge >= 0.3 is 0 Å². The number of carbonyl (C=O) groups excluding carboxylic acids is 1. The molecule has 0 heterocycles. The second-order valence-corrected chi connectivity index (χ2v) is 5.89. The SMILES string of the molecule is COc1ccc(C=NNC(=O)C(C)Oc2ccccc2Br)cc1OC. The van der Waals surface area contributed by atoms with Crippen molar-refractivity contribution in [2.24, 2.45) is 5.10 Å². The number of halogens is 1. The molecule has 2 aromatic carbocycles. The number of carbonyl (C=O) groups is 1. The van der Waals surface area contributed by atoms with Crippen LogP contribution in [0.25, 0.3) is 0 Å². The van der Waals surface area contributed by atoms with Crippen LogP contribution in [0.2, 0.25) is 0 Å². The van der Waals surface area contributed by atoms with Crippen molar-refractivity contribution in [3.8, 4) is 17.2 Å². The van der Waals surface area contributed by atoms with Gasteiger partial charge in [-0.25, -0.2) is 5.43 Å². The highest BCUT2D eigenvalue weighted by Crippen LogP contribution is 2.27. The summed E-state index contributed by atoms with van der Waals surface area (Å²) in [5.41, 5.74) is 3.22. The molecule has 0 saturated heterocycles. The molecule has 0 bridgehead atoms. The number of ether oxygens (including phenoxy) is 3. The third-order valence-corrected chi connectivity index (χ3v) is 3.96. The molecule has 1 amide bonds. The summed E-state index contributed by atoms with van der Waals surface area (Å²) >= 11 is 3.37. The van der Waals surface area contributed by atoms with Gasteiger partial charge in [0.25, 0.3) is 5.91 Å². The fraction of sp³-hybridized carbons (Fsp3) is 0.222. The minimum atomic E-state index is -0.693. The maximum atomic E-state index is 12.1. The molecule has 0 aromatic heterocycles. The maximum Gasteiger partial charge on any atom is 0.280 e. The van der Waals surface area contributed by atoms with Crippen LogP contribution in [0.3, 0.4) is 0 Å². The lowest BCUT2D eigenvalue weighted by Crippen LogP contribution is -2.33. The number of benzene rings is 2. The summed E-state index contributed by atoms with van der Waals surface area (Å²) in [7, 11) is 3.12. The van der Waals surface area contributed by atoms with Crippen molar-refractivity contribution in [3.63, 3.8) is 0 Å². The molecule has 0 aliphatic rings. The maximum absolute atomic E-state index is 12.1. The molecule has 1 atom stereocenters. The molecule has 7 heteroatoms. The third-order valence-electron chi connectivity index (χ3n) is 3.31. The Labute approximate surface area is 154 Å². The summed E-state index contributed by atoms with van der Waals surface area (Å²) in [6, 6.07) is 12.7. The first-order chi connectivity index (χ1) is 12.0. The topological polar surface area (TPSA) is 69.2 Å². The fourth-order valence-corrected chi connectivity index (χ4v) is 2.36. The molecular formula is C18H19BrN2O4. The molecule has 0 aliphatic heterocycles. The monoisotopic (exact) mass is 406 g/mol. The average Bonchev–Trinajstić information content (AvgIpc) is 2.63. The van der Waals surface area contributed by atoms with Crippen molar-refractivity contribution in [2.45, 2.75) is 13.0 Å². The van der Waals surface area contributed by atoms with E-state index in [1.54, 1.807) is 45.4 Å². The van der Waals surface area contributed by atoms with Gasteiger partial charge < -0.3 is 14.2 Å². The van der Waals surface area contributed by atoms with Gasteiger partial charge in [0.05, 0.1) is 24.9 Å². The van der Waals surface area contributed by atoms with Crippen LogP contribution < -0.4 is 19.6 Å². The summed E-state index contributed by atoms with van der Waals surface area (Å²) in [5.74, 6) is 1.45. The van der Waals surface area contributed by atoms with E-state index in [0.717, 1.165) is 10.0 Å². The normalized spacial score (nSPS) is 11.8. The van der Waals surface area contributed by atoms with E-state index in [-0.39, 0.29) is 5.91 Å². The quantitative estimate of drug-likeness (QED) is 0.565. The number of hydrogen-bond acceptors (Lipinski definition) is 5. The highest BCUT2D eigenvalue weighted by Gasteiger charge is 2.15. The molecule has 1 unspecified atom stereocenters. The first-order valence-electron chi connectivity index (χ1n) is 7.51. The molecule has 132 valence electrons. The fourth-order valence-electron chi connectivity index (χ4n) is 1.98. The second-order valence-electron chi connectivity index (χ2n) is 5.04. The van der Waals surface area contributed by atoms with E-state index in [1.807, 2.05) is 18.2 Å². The van der Waals surface area contributed by atoms with Gasteiger partial charge in [0.1, 0.15) is 5.75 Å². The van der Waals surface area contributed by atoms with Crippen molar-refractivity contribution in [1.82, 2.24) is 5.43 Å². The number of methoxy groups -OCH3 is 2. The number of para-hydroxylation sites is 1. The molecule has 2 rings (SSSR count). The van der Waals surface area contributed by atoms with Crippen molar-refractivity contribution >= 4 is 28.1 Å². The summed E-state index contributed by atoms with van der Waals surface area (Å²) < 4.78 is 16.8. The summed E-state index contributed by atoms with van der Waals surface area (Å²) in [6.45, 7) is 1.65. The van der Waals surface area contributed by atoms with Crippen LogP contribution in [0.5, 0.6) is 17.2 Å². The van der Waals surface area contributed by atoms with Crippen molar-refractivity contribution < 1.29 is 19.0 Å². The van der Waals surface area contributed by atoms with Crippen LogP contribution in [-0.2, 0) is 4.79 Å². The van der Waals surface area contributed by atoms with Gasteiger partial charge in [-0.05, 0) is 58.7 Å². The Bertz CT molecular complexity index is 764. The third kappa shape index (κ3) is 5.22. The van der Waals surface area contributed by atoms with E-state index in [9.17, 15) is 4.79 Å². The summed E-state index contributed by atoms with van der Waals surface area (Å²) in [6.07, 6.45) is 0.826. The minimum absolute atomic E-state index is 0.354. The predicted octanol–water partition coefficient (Wildman–Crippen LogP) is 3.38. The number of hydrogen-bond donors (Lipinski definition) is 1. The van der Waals surface area contributed by atoms with Crippen LogP contribution in [0.15, 0.2) is 52.0 Å². The Morgan fingerprint density at radius 3 is 2.52 bits per heavy atom. The molecule has 0 spiro atoms. The number of nitrogens with zero attached hydrogens (tertiary/aromatic N) is 1. The van der Waals surface area contributed by atoms with Crippen LogP contribution >= 0.6 is 15.9 Å². The van der Waals surface area contributed by atoms with Gasteiger partial charge in [0.2, 0.25) is 0 Å². The molecular weight excluding hydrogens is 388 g/mol. The van der Waals surface area contributed by atoms with Crippen molar-refractivity contribution in [3.05, 3.63) is 52.5 Å². The lowest BCUT2D eigenvalue weighted by atomic mass is 10.2. The highest BCUT2D eigenvalue weighted by molar-refractivity contribution is 9.10. The lowest BCUT2D eigenvalue weighted by Gasteiger charge is -2.14. The molecule has 0 aliphatic carbocycles. The van der Waals surface area contributed by atoms with Gasteiger partial charge in [-0.15, -0.1) is 0 Å². The second kappa shape index (κ2) is 9.08. The number of nitrogens with one attached hydrogen (secondary N) is 1. The minimum Gasteiger partial charge on any atom is -0.493 e. The highest BCUT2D eigenvalue weighted by atomic mass is 79.9. The van der Waals surface area contributed by atoms with E-state index in [2.05, 4.69) is 26.5 Å². The van der Waals surface area contributed by atoms with E-state index < -0.39 is 6.10 Å². The standard InChI is InChI=1S/C18H19BrN2O4/c1-12(25-15-7-5-4-6-14(15)19)18(22)21-20-11-13-8-9-16(23-2)17(10-13)24-3/h4-12H,1-3H3,(H,21,22).